The average molecular weight is 254 g/mol. The maximum atomic E-state index is 10.3. The lowest BCUT2D eigenvalue weighted by Gasteiger charge is -2.42. The molecule has 0 heterocycles. The fourth-order valence-corrected chi connectivity index (χ4v) is 3.70. The van der Waals surface area contributed by atoms with Crippen LogP contribution in [-0.4, -0.2) is 19.0 Å². The lowest BCUT2D eigenvalue weighted by Crippen LogP contribution is -2.34. The molecule has 2 nitrogen and oxygen atoms in total. The minimum Gasteiger partial charge on any atom is -0.371 e. The average Bonchev–Trinajstić information content (AvgIpc) is 2.23. The SMILES string of the molecule is CC(C)(C)CC(C)(C)C1CCC(OCC=O)CC1. The smallest absolute Gasteiger partial charge is 0.145 e. The van der Waals surface area contributed by atoms with Crippen molar-refractivity contribution in [3.05, 3.63) is 0 Å². The van der Waals surface area contributed by atoms with Crippen molar-refractivity contribution in [2.75, 3.05) is 6.61 Å². The van der Waals surface area contributed by atoms with Gasteiger partial charge in [-0.2, -0.15) is 0 Å². The van der Waals surface area contributed by atoms with E-state index in [1.165, 1.54) is 19.3 Å². The predicted molar refractivity (Wildman–Crippen MR) is 75.6 cm³/mol. The molecule has 0 aliphatic heterocycles. The number of hydrogen-bond acceptors (Lipinski definition) is 2. The Balaban J connectivity index is 2.43. The van der Waals surface area contributed by atoms with E-state index in [2.05, 4.69) is 34.6 Å². The first kappa shape index (κ1) is 15.7. The molecule has 0 aromatic rings. The standard InChI is InChI=1S/C16H30O2/c1-15(2,3)12-16(4,5)13-6-8-14(9-7-13)18-11-10-17/h10,13-14H,6-9,11-12H2,1-5H3. The van der Waals surface area contributed by atoms with E-state index in [1.807, 2.05) is 0 Å². The quantitative estimate of drug-likeness (QED) is 0.686. The van der Waals surface area contributed by atoms with E-state index in [0.717, 1.165) is 25.0 Å². The van der Waals surface area contributed by atoms with Crippen LogP contribution in [0, 0.1) is 16.7 Å². The van der Waals surface area contributed by atoms with Crippen molar-refractivity contribution in [3.63, 3.8) is 0 Å². The molecule has 0 amide bonds. The van der Waals surface area contributed by atoms with E-state index in [4.69, 9.17) is 4.74 Å². The number of carbonyl (C=O) groups is 1. The summed E-state index contributed by atoms with van der Waals surface area (Å²) in [5, 5.41) is 0. The molecule has 0 saturated heterocycles. The second kappa shape index (κ2) is 6.18. The van der Waals surface area contributed by atoms with E-state index >= 15 is 0 Å². The topological polar surface area (TPSA) is 26.3 Å². The van der Waals surface area contributed by atoms with Crippen LogP contribution in [0.5, 0.6) is 0 Å². The van der Waals surface area contributed by atoms with E-state index in [9.17, 15) is 4.79 Å². The van der Waals surface area contributed by atoms with Gasteiger partial charge in [0.05, 0.1) is 6.10 Å². The number of ether oxygens (including phenoxy) is 1. The molecule has 1 saturated carbocycles. The fraction of sp³-hybridized carbons (Fsp3) is 0.938. The Labute approximate surface area is 112 Å². The normalized spacial score (nSPS) is 26.1. The summed E-state index contributed by atoms with van der Waals surface area (Å²) in [6, 6.07) is 0. The van der Waals surface area contributed by atoms with Gasteiger partial charge < -0.3 is 9.53 Å². The van der Waals surface area contributed by atoms with Crippen LogP contribution in [0.25, 0.3) is 0 Å². The Hall–Kier alpha value is -0.370. The highest BCUT2D eigenvalue weighted by molar-refractivity contribution is 5.50. The Morgan fingerprint density at radius 3 is 2.06 bits per heavy atom. The molecule has 1 rings (SSSR count). The molecule has 106 valence electrons. The van der Waals surface area contributed by atoms with Crippen molar-refractivity contribution in [1.29, 1.82) is 0 Å². The summed E-state index contributed by atoms with van der Waals surface area (Å²) in [5.41, 5.74) is 0.808. The van der Waals surface area contributed by atoms with Crippen LogP contribution in [-0.2, 0) is 9.53 Å². The van der Waals surface area contributed by atoms with Crippen molar-refractivity contribution >= 4 is 6.29 Å². The molecule has 0 unspecified atom stereocenters. The number of hydrogen-bond donors (Lipinski definition) is 0. The molecule has 0 radical (unpaired) electrons. The molecule has 0 atom stereocenters. The molecule has 0 aromatic carbocycles. The van der Waals surface area contributed by atoms with Crippen LogP contribution in [0.1, 0.15) is 66.7 Å². The molecule has 0 aromatic heterocycles. The van der Waals surface area contributed by atoms with Crippen LogP contribution in [0.2, 0.25) is 0 Å². The van der Waals surface area contributed by atoms with Crippen LogP contribution in [0.3, 0.4) is 0 Å². The molecule has 0 spiro atoms. The van der Waals surface area contributed by atoms with Gasteiger partial charge in [0.2, 0.25) is 0 Å². The summed E-state index contributed by atoms with van der Waals surface area (Å²) in [4.78, 5) is 10.3. The fourth-order valence-electron chi connectivity index (χ4n) is 3.70. The van der Waals surface area contributed by atoms with Gasteiger partial charge in [0.1, 0.15) is 12.9 Å². The van der Waals surface area contributed by atoms with Gasteiger partial charge in [0.15, 0.2) is 0 Å². The minimum atomic E-state index is 0.265. The van der Waals surface area contributed by atoms with E-state index in [1.54, 1.807) is 0 Å². The molecule has 18 heavy (non-hydrogen) atoms. The maximum absolute atomic E-state index is 10.3. The third-order valence-corrected chi connectivity index (χ3v) is 4.17. The van der Waals surface area contributed by atoms with Crippen LogP contribution < -0.4 is 0 Å². The number of carbonyl (C=O) groups excluding carboxylic acids is 1. The third kappa shape index (κ3) is 5.09. The highest BCUT2D eigenvalue weighted by Gasteiger charge is 2.35. The zero-order valence-corrected chi connectivity index (χ0v) is 12.8. The zero-order chi connectivity index (χ0) is 13.8. The van der Waals surface area contributed by atoms with E-state index in [-0.39, 0.29) is 6.61 Å². The first-order valence-corrected chi connectivity index (χ1v) is 7.30. The molecule has 2 heteroatoms. The molecule has 1 fully saturated rings. The van der Waals surface area contributed by atoms with Gasteiger partial charge in [0.25, 0.3) is 0 Å². The molecule has 1 aliphatic rings. The Morgan fingerprint density at radius 2 is 1.61 bits per heavy atom. The minimum absolute atomic E-state index is 0.265. The lowest BCUT2D eigenvalue weighted by molar-refractivity contribution is -0.114. The molecule has 0 N–H and O–H groups in total. The molecular formula is C16H30O2. The molecule has 1 aliphatic carbocycles. The highest BCUT2D eigenvalue weighted by Crippen LogP contribution is 2.45. The number of rotatable bonds is 5. The van der Waals surface area contributed by atoms with Crippen LogP contribution in [0.4, 0.5) is 0 Å². The first-order chi connectivity index (χ1) is 8.24. The van der Waals surface area contributed by atoms with Crippen molar-refractivity contribution in [2.45, 2.75) is 72.8 Å². The van der Waals surface area contributed by atoms with Crippen LogP contribution >= 0.6 is 0 Å². The van der Waals surface area contributed by atoms with Crippen molar-refractivity contribution < 1.29 is 9.53 Å². The Morgan fingerprint density at radius 1 is 1.06 bits per heavy atom. The second-order valence-corrected chi connectivity index (χ2v) is 7.70. The third-order valence-electron chi connectivity index (χ3n) is 4.17. The van der Waals surface area contributed by atoms with Crippen molar-refractivity contribution in [1.82, 2.24) is 0 Å². The summed E-state index contributed by atoms with van der Waals surface area (Å²) in [7, 11) is 0. The summed E-state index contributed by atoms with van der Waals surface area (Å²) >= 11 is 0. The van der Waals surface area contributed by atoms with Crippen molar-refractivity contribution in [3.8, 4) is 0 Å². The van der Waals surface area contributed by atoms with Gasteiger partial charge in [-0.15, -0.1) is 0 Å². The van der Waals surface area contributed by atoms with Gasteiger partial charge in [-0.3, -0.25) is 0 Å². The largest absolute Gasteiger partial charge is 0.371 e. The lowest BCUT2D eigenvalue weighted by atomic mass is 9.64. The first-order valence-electron chi connectivity index (χ1n) is 7.30. The highest BCUT2D eigenvalue weighted by atomic mass is 16.5. The summed E-state index contributed by atoms with van der Waals surface area (Å²) in [6.45, 7) is 12.1. The van der Waals surface area contributed by atoms with Crippen molar-refractivity contribution in [2.24, 2.45) is 16.7 Å². The summed E-state index contributed by atoms with van der Waals surface area (Å²) in [5.74, 6) is 0.799. The predicted octanol–water partition coefficient (Wildman–Crippen LogP) is 4.22. The zero-order valence-electron chi connectivity index (χ0n) is 12.8. The van der Waals surface area contributed by atoms with E-state index in [0.29, 0.717) is 16.9 Å². The van der Waals surface area contributed by atoms with Gasteiger partial charge in [-0.05, 0) is 48.9 Å². The van der Waals surface area contributed by atoms with Gasteiger partial charge in [-0.25, -0.2) is 0 Å². The second-order valence-electron chi connectivity index (χ2n) is 7.70. The summed E-state index contributed by atoms with van der Waals surface area (Å²) < 4.78 is 5.53. The molecular weight excluding hydrogens is 224 g/mol. The molecule has 0 bridgehead atoms. The van der Waals surface area contributed by atoms with Crippen LogP contribution in [0.15, 0.2) is 0 Å². The van der Waals surface area contributed by atoms with Gasteiger partial charge >= 0.3 is 0 Å². The Kier molecular flexibility index (Phi) is 5.39. The van der Waals surface area contributed by atoms with Gasteiger partial charge in [0, 0.05) is 0 Å². The summed E-state index contributed by atoms with van der Waals surface area (Å²) in [6.07, 6.45) is 7.16. The maximum Gasteiger partial charge on any atom is 0.145 e. The van der Waals surface area contributed by atoms with E-state index < -0.39 is 0 Å². The monoisotopic (exact) mass is 254 g/mol. The number of aldehydes is 1. The Bertz CT molecular complexity index is 255. The van der Waals surface area contributed by atoms with Gasteiger partial charge in [-0.1, -0.05) is 34.6 Å².